The molecule has 3 aromatic rings. The van der Waals surface area contributed by atoms with E-state index in [9.17, 15) is 0 Å². The minimum Gasteiger partial charge on any atom is -0.360 e. The Hall–Kier alpha value is -2.43. The Kier molecular flexibility index (Phi) is 2.89. The summed E-state index contributed by atoms with van der Waals surface area (Å²) in [7, 11) is 0. The zero-order valence-corrected chi connectivity index (χ0v) is 12.8. The first kappa shape index (κ1) is 13.2. The SMILES string of the molecule is C=Cc1c(-c2cn(C(C)C)c3ncncc23)noc1C1CC1. The van der Waals surface area contributed by atoms with Crippen molar-refractivity contribution in [3.8, 4) is 11.3 Å². The van der Waals surface area contributed by atoms with Gasteiger partial charge in [-0.3, -0.25) is 0 Å². The second-order valence-corrected chi connectivity index (χ2v) is 6.09. The molecule has 0 unspecified atom stereocenters. The Morgan fingerprint density at radius 3 is 2.91 bits per heavy atom. The van der Waals surface area contributed by atoms with Crippen molar-refractivity contribution in [2.45, 2.75) is 38.6 Å². The molecule has 0 aliphatic heterocycles. The molecular weight excluding hydrogens is 276 g/mol. The second kappa shape index (κ2) is 4.80. The molecule has 0 saturated heterocycles. The van der Waals surface area contributed by atoms with Gasteiger partial charge in [-0.1, -0.05) is 17.8 Å². The third kappa shape index (κ3) is 1.89. The first-order valence-electron chi connectivity index (χ1n) is 7.63. The van der Waals surface area contributed by atoms with Crippen LogP contribution in [0.1, 0.15) is 50.0 Å². The molecular formula is C17H18N4O. The van der Waals surface area contributed by atoms with Crippen LogP contribution in [0.5, 0.6) is 0 Å². The molecule has 0 spiro atoms. The number of hydrogen-bond acceptors (Lipinski definition) is 4. The third-order valence-electron chi connectivity index (χ3n) is 4.21. The maximum atomic E-state index is 5.61. The summed E-state index contributed by atoms with van der Waals surface area (Å²) in [6.07, 6.45) is 9.71. The van der Waals surface area contributed by atoms with E-state index >= 15 is 0 Å². The Morgan fingerprint density at radius 1 is 1.41 bits per heavy atom. The Morgan fingerprint density at radius 2 is 2.23 bits per heavy atom. The third-order valence-corrected chi connectivity index (χ3v) is 4.21. The number of aromatic nitrogens is 4. The van der Waals surface area contributed by atoms with Gasteiger partial charge in [0.1, 0.15) is 23.4 Å². The van der Waals surface area contributed by atoms with Crippen molar-refractivity contribution in [2.24, 2.45) is 0 Å². The molecule has 1 saturated carbocycles. The van der Waals surface area contributed by atoms with Crippen molar-refractivity contribution in [3.63, 3.8) is 0 Å². The summed E-state index contributed by atoms with van der Waals surface area (Å²) in [6.45, 7) is 8.22. The van der Waals surface area contributed by atoms with Crippen molar-refractivity contribution in [3.05, 3.63) is 36.6 Å². The van der Waals surface area contributed by atoms with Crippen LogP contribution in [0.4, 0.5) is 0 Å². The molecule has 4 rings (SSSR count). The summed E-state index contributed by atoms with van der Waals surface area (Å²) in [5.74, 6) is 1.47. The molecule has 5 nitrogen and oxygen atoms in total. The van der Waals surface area contributed by atoms with Crippen molar-refractivity contribution in [1.29, 1.82) is 0 Å². The minimum absolute atomic E-state index is 0.313. The number of rotatable bonds is 4. The van der Waals surface area contributed by atoms with Gasteiger partial charge in [-0.05, 0) is 26.7 Å². The fraction of sp³-hybridized carbons (Fsp3) is 0.353. The smallest absolute Gasteiger partial charge is 0.147 e. The molecule has 1 aliphatic carbocycles. The van der Waals surface area contributed by atoms with Gasteiger partial charge in [-0.15, -0.1) is 0 Å². The highest BCUT2D eigenvalue weighted by Gasteiger charge is 2.32. The molecule has 5 heteroatoms. The molecule has 0 aromatic carbocycles. The van der Waals surface area contributed by atoms with Gasteiger partial charge in [-0.2, -0.15) is 0 Å². The van der Waals surface area contributed by atoms with Gasteiger partial charge >= 0.3 is 0 Å². The number of fused-ring (bicyclic) bond motifs is 1. The zero-order chi connectivity index (χ0) is 15.3. The van der Waals surface area contributed by atoms with Crippen LogP contribution >= 0.6 is 0 Å². The van der Waals surface area contributed by atoms with Crippen LogP contribution in [0, 0.1) is 0 Å². The molecule has 0 radical (unpaired) electrons. The van der Waals surface area contributed by atoms with Crippen molar-refractivity contribution in [2.75, 3.05) is 0 Å². The van der Waals surface area contributed by atoms with Gasteiger partial charge in [0.05, 0.1) is 0 Å². The average Bonchev–Trinajstić information content (AvgIpc) is 3.16. The predicted molar refractivity (Wildman–Crippen MR) is 85.5 cm³/mol. The standard InChI is InChI=1S/C17H18N4O/c1-4-12-15(20-22-16(12)11-5-6-11)14-8-21(10(2)3)17-13(14)7-18-9-19-17/h4,7-11H,1,5-6H2,2-3H3. The maximum Gasteiger partial charge on any atom is 0.147 e. The lowest BCUT2D eigenvalue weighted by atomic mass is 10.1. The first-order valence-corrected chi connectivity index (χ1v) is 7.63. The van der Waals surface area contributed by atoms with E-state index in [-0.39, 0.29) is 0 Å². The minimum atomic E-state index is 0.313. The zero-order valence-electron chi connectivity index (χ0n) is 12.8. The Balaban J connectivity index is 1.97. The van der Waals surface area contributed by atoms with E-state index in [1.165, 1.54) is 12.8 Å². The largest absolute Gasteiger partial charge is 0.360 e. The van der Waals surface area contributed by atoms with Gasteiger partial charge in [0.25, 0.3) is 0 Å². The second-order valence-electron chi connectivity index (χ2n) is 6.09. The van der Waals surface area contributed by atoms with E-state index in [0.717, 1.165) is 33.6 Å². The first-order chi connectivity index (χ1) is 10.7. The van der Waals surface area contributed by atoms with E-state index in [1.54, 1.807) is 6.33 Å². The van der Waals surface area contributed by atoms with Crippen LogP contribution in [0.3, 0.4) is 0 Å². The van der Waals surface area contributed by atoms with Crippen LogP contribution < -0.4 is 0 Å². The quantitative estimate of drug-likeness (QED) is 0.724. The van der Waals surface area contributed by atoms with Crippen LogP contribution in [-0.2, 0) is 0 Å². The lowest BCUT2D eigenvalue weighted by Crippen LogP contribution is -1.99. The summed E-state index contributed by atoms with van der Waals surface area (Å²) in [5.41, 5.74) is 3.78. The summed E-state index contributed by atoms with van der Waals surface area (Å²) >= 11 is 0. The molecule has 0 N–H and O–H groups in total. The highest BCUT2D eigenvalue weighted by atomic mass is 16.5. The highest BCUT2D eigenvalue weighted by Crippen LogP contribution is 2.45. The van der Waals surface area contributed by atoms with Crippen LogP contribution in [-0.4, -0.2) is 19.7 Å². The summed E-state index contributed by atoms with van der Waals surface area (Å²) < 4.78 is 7.76. The topological polar surface area (TPSA) is 56.7 Å². The normalized spacial score (nSPS) is 14.9. The average molecular weight is 294 g/mol. The highest BCUT2D eigenvalue weighted by molar-refractivity contribution is 5.94. The number of nitrogens with zero attached hydrogens (tertiary/aromatic N) is 4. The predicted octanol–water partition coefficient (Wildman–Crippen LogP) is 4.19. The molecule has 1 fully saturated rings. The van der Waals surface area contributed by atoms with E-state index < -0.39 is 0 Å². The fourth-order valence-corrected chi connectivity index (χ4v) is 2.91. The van der Waals surface area contributed by atoms with Gasteiger partial charge in [0, 0.05) is 40.9 Å². The Labute approximate surface area is 128 Å². The Bertz CT molecular complexity index is 855. The van der Waals surface area contributed by atoms with Crippen LogP contribution in [0.2, 0.25) is 0 Å². The fourth-order valence-electron chi connectivity index (χ4n) is 2.91. The molecule has 0 amide bonds. The van der Waals surface area contributed by atoms with Gasteiger partial charge in [0.2, 0.25) is 0 Å². The summed E-state index contributed by atoms with van der Waals surface area (Å²) in [5, 5.41) is 5.32. The van der Waals surface area contributed by atoms with Crippen molar-refractivity contribution >= 4 is 17.1 Å². The van der Waals surface area contributed by atoms with E-state index in [4.69, 9.17) is 4.52 Å². The lowest BCUT2D eigenvalue weighted by molar-refractivity contribution is 0.386. The molecule has 112 valence electrons. The number of hydrogen-bond donors (Lipinski definition) is 0. The van der Waals surface area contributed by atoms with Gasteiger partial charge in [-0.25, -0.2) is 9.97 Å². The maximum absolute atomic E-state index is 5.61. The molecule has 0 atom stereocenters. The molecule has 3 heterocycles. The van der Waals surface area contributed by atoms with Gasteiger partial charge in [0.15, 0.2) is 0 Å². The van der Waals surface area contributed by atoms with Gasteiger partial charge < -0.3 is 9.09 Å². The summed E-state index contributed by atoms with van der Waals surface area (Å²) in [6, 6.07) is 0.313. The van der Waals surface area contributed by atoms with Crippen molar-refractivity contribution < 1.29 is 4.52 Å². The van der Waals surface area contributed by atoms with Crippen molar-refractivity contribution in [1.82, 2.24) is 19.7 Å². The summed E-state index contributed by atoms with van der Waals surface area (Å²) in [4.78, 5) is 8.60. The van der Waals surface area contributed by atoms with Crippen LogP contribution in [0.15, 0.2) is 29.8 Å². The molecule has 22 heavy (non-hydrogen) atoms. The van der Waals surface area contributed by atoms with Crippen LogP contribution in [0.25, 0.3) is 28.4 Å². The van der Waals surface area contributed by atoms with E-state index in [2.05, 4.69) is 46.3 Å². The van der Waals surface area contributed by atoms with E-state index in [0.29, 0.717) is 12.0 Å². The lowest BCUT2D eigenvalue weighted by Gasteiger charge is -2.07. The molecule has 1 aliphatic rings. The van der Waals surface area contributed by atoms with E-state index in [1.807, 2.05) is 12.3 Å². The molecule has 0 bridgehead atoms. The molecule has 3 aromatic heterocycles. The monoisotopic (exact) mass is 294 g/mol.